The van der Waals surface area contributed by atoms with E-state index in [2.05, 4.69) is 0 Å². The van der Waals surface area contributed by atoms with Crippen LogP contribution in [0.5, 0.6) is 17.2 Å². The SMILES string of the molecule is COc1cccc2c1C(=O)c1c(O)c3c(c(O)c1C2=O)C[C@@](O)(C(C)=O)C[C@H]3O[C@H]1C[C@H](N)[C@H](O[C@@H](C[C@H](C)O)O[C@H](C)C(=O)O)[C@H](C)O1. The third-order valence-corrected chi connectivity index (χ3v) is 9.31. The first-order chi connectivity index (χ1) is 23.0. The van der Waals surface area contributed by atoms with Crippen molar-refractivity contribution in [2.45, 2.75) is 108 Å². The number of aromatic hydroxyl groups is 2. The van der Waals surface area contributed by atoms with Crippen LogP contribution in [0.1, 0.15) is 96.0 Å². The zero-order valence-corrected chi connectivity index (χ0v) is 27.7. The molecule has 1 saturated heterocycles. The van der Waals surface area contributed by atoms with E-state index in [0.29, 0.717) is 0 Å². The van der Waals surface area contributed by atoms with Crippen molar-refractivity contribution >= 4 is 23.3 Å². The van der Waals surface area contributed by atoms with Crippen LogP contribution in [0.2, 0.25) is 0 Å². The number of phenols is 2. The number of carboxylic acids is 1. The summed E-state index contributed by atoms with van der Waals surface area (Å²) in [5.74, 6) is -4.67. The van der Waals surface area contributed by atoms with Gasteiger partial charge in [0.25, 0.3) is 0 Å². The highest BCUT2D eigenvalue weighted by molar-refractivity contribution is 6.31. The lowest BCUT2D eigenvalue weighted by Crippen LogP contribution is -2.55. The van der Waals surface area contributed by atoms with Crippen LogP contribution in [0, 0.1) is 0 Å². The monoisotopic (exact) mass is 687 g/mol. The number of aliphatic hydroxyl groups excluding tert-OH is 1. The Labute approximate surface area is 281 Å². The Hall–Kier alpha value is -3.96. The van der Waals surface area contributed by atoms with Gasteiger partial charge in [-0.3, -0.25) is 14.4 Å². The second-order valence-electron chi connectivity index (χ2n) is 12.9. The lowest BCUT2D eigenvalue weighted by Gasteiger charge is -2.43. The molecule has 0 radical (unpaired) electrons. The molecule has 0 aromatic heterocycles. The molecule has 15 nitrogen and oxygen atoms in total. The highest BCUT2D eigenvalue weighted by Gasteiger charge is 2.49. The maximum Gasteiger partial charge on any atom is 0.332 e. The molecule has 0 unspecified atom stereocenters. The van der Waals surface area contributed by atoms with Gasteiger partial charge in [0.05, 0.1) is 42.1 Å². The summed E-state index contributed by atoms with van der Waals surface area (Å²) in [6.07, 6.45) is -8.34. The van der Waals surface area contributed by atoms with Crippen molar-refractivity contribution in [3.63, 3.8) is 0 Å². The summed E-state index contributed by atoms with van der Waals surface area (Å²) in [4.78, 5) is 51.6. The van der Waals surface area contributed by atoms with Gasteiger partial charge in [-0.2, -0.15) is 0 Å². The van der Waals surface area contributed by atoms with Gasteiger partial charge in [0.2, 0.25) is 5.78 Å². The van der Waals surface area contributed by atoms with Crippen molar-refractivity contribution in [1.82, 2.24) is 0 Å². The van der Waals surface area contributed by atoms with Gasteiger partial charge in [-0.15, -0.1) is 0 Å². The van der Waals surface area contributed by atoms with E-state index in [1.54, 1.807) is 6.92 Å². The molecule has 5 rings (SSSR count). The molecule has 15 heteroatoms. The molecule has 3 aliphatic rings. The molecule has 1 heterocycles. The minimum Gasteiger partial charge on any atom is -0.507 e. The lowest BCUT2D eigenvalue weighted by atomic mass is 9.72. The van der Waals surface area contributed by atoms with Crippen LogP contribution in [0.4, 0.5) is 0 Å². The molecule has 0 bridgehead atoms. The van der Waals surface area contributed by atoms with Crippen LogP contribution in [-0.4, -0.2) is 105 Å². The molecule has 266 valence electrons. The van der Waals surface area contributed by atoms with Crippen molar-refractivity contribution in [2.75, 3.05) is 7.11 Å². The first-order valence-electron chi connectivity index (χ1n) is 15.9. The highest BCUT2D eigenvalue weighted by atomic mass is 16.7. The first kappa shape index (κ1) is 36.3. The number of aliphatic hydroxyl groups is 2. The molecule has 2 aromatic carbocycles. The largest absolute Gasteiger partial charge is 0.507 e. The summed E-state index contributed by atoms with van der Waals surface area (Å²) in [6, 6.07) is 3.58. The highest BCUT2D eigenvalue weighted by Crippen LogP contribution is 2.52. The van der Waals surface area contributed by atoms with Crippen LogP contribution in [0.15, 0.2) is 18.2 Å². The number of carbonyl (C=O) groups is 4. The standard InChI is InChI=1S/C34H41NO14/c1-13(36)9-22(47-15(3)33(42)43)49-32-14(2)46-23(10-19(32)35)48-21-12-34(44,16(4)37)11-18-25(21)31(41)27-26(29(18)39)28(38)17-7-6-8-20(45-5)24(17)30(27)40/h6-8,13-15,19,21-23,32,36,39,41,44H,9-12,35H2,1-5H3,(H,42,43)/t13-,14-,15+,19-,21+,22-,23-,32+,34-/m0/s1. The van der Waals surface area contributed by atoms with Crippen molar-refractivity contribution in [3.8, 4) is 17.2 Å². The predicted molar refractivity (Wildman–Crippen MR) is 167 cm³/mol. The second-order valence-corrected chi connectivity index (χ2v) is 12.9. The third kappa shape index (κ3) is 6.67. The van der Waals surface area contributed by atoms with Crippen molar-refractivity contribution in [2.24, 2.45) is 5.73 Å². The number of hydrogen-bond donors (Lipinski definition) is 6. The number of benzene rings is 2. The molecule has 2 aromatic rings. The van der Waals surface area contributed by atoms with Gasteiger partial charge in [0, 0.05) is 48.4 Å². The summed E-state index contributed by atoms with van der Waals surface area (Å²) >= 11 is 0. The molecule has 1 aliphatic heterocycles. The number of methoxy groups -OCH3 is 1. The van der Waals surface area contributed by atoms with Gasteiger partial charge in [-0.1, -0.05) is 12.1 Å². The molecule has 0 saturated carbocycles. The minimum atomic E-state index is -2.08. The van der Waals surface area contributed by atoms with Crippen molar-refractivity contribution in [1.29, 1.82) is 0 Å². The average molecular weight is 688 g/mol. The smallest absolute Gasteiger partial charge is 0.332 e. The maximum atomic E-state index is 13.8. The second kappa shape index (κ2) is 13.7. The zero-order chi connectivity index (χ0) is 36.1. The topological polar surface area (TPSA) is 242 Å². The molecular weight excluding hydrogens is 646 g/mol. The lowest BCUT2D eigenvalue weighted by molar-refractivity contribution is -0.283. The Morgan fingerprint density at radius 3 is 2.37 bits per heavy atom. The van der Waals surface area contributed by atoms with E-state index >= 15 is 0 Å². The van der Waals surface area contributed by atoms with Gasteiger partial charge in [-0.05, 0) is 33.8 Å². The van der Waals surface area contributed by atoms with E-state index in [-0.39, 0.29) is 40.8 Å². The maximum absolute atomic E-state index is 13.8. The van der Waals surface area contributed by atoms with Crippen LogP contribution >= 0.6 is 0 Å². The van der Waals surface area contributed by atoms with Gasteiger partial charge in [-0.25, -0.2) is 4.79 Å². The quantitative estimate of drug-likeness (QED) is 0.124. The van der Waals surface area contributed by atoms with E-state index in [1.165, 1.54) is 39.2 Å². The van der Waals surface area contributed by atoms with Crippen LogP contribution in [-0.2, 0) is 35.0 Å². The Kier molecular flexibility index (Phi) is 10.2. The van der Waals surface area contributed by atoms with Crippen molar-refractivity contribution < 1.29 is 68.4 Å². The fraction of sp³-hybridized carbons (Fsp3) is 0.529. The van der Waals surface area contributed by atoms with Crippen LogP contribution in [0.25, 0.3) is 0 Å². The predicted octanol–water partition coefficient (Wildman–Crippen LogP) is 1.64. The summed E-state index contributed by atoms with van der Waals surface area (Å²) in [5, 5.41) is 53.8. The molecule has 2 aliphatic carbocycles. The Bertz CT molecular complexity index is 1660. The number of fused-ring (bicyclic) bond motifs is 3. The molecule has 1 fully saturated rings. The number of aliphatic carboxylic acids is 1. The average Bonchev–Trinajstić information content (AvgIpc) is 3.02. The van der Waals surface area contributed by atoms with Gasteiger partial charge in [0.1, 0.15) is 29.0 Å². The Morgan fingerprint density at radius 1 is 1.10 bits per heavy atom. The van der Waals surface area contributed by atoms with E-state index < -0.39 is 114 Å². The number of carbonyl (C=O) groups excluding carboxylic acids is 3. The molecule has 9 atom stereocenters. The summed E-state index contributed by atoms with van der Waals surface area (Å²) in [6.45, 7) is 5.58. The number of carboxylic acid groups (broad SMARTS) is 1. The normalized spacial score (nSPS) is 28.1. The van der Waals surface area contributed by atoms with Gasteiger partial charge >= 0.3 is 5.97 Å². The fourth-order valence-electron chi connectivity index (χ4n) is 6.74. The molecular formula is C34H41NO14. The summed E-state index contributed by atoms with van der Waals surface area (Å²) in [7, 11) is 1.32. The first-order valence-corrected chi connectivity index (χ1v) is 15.9. The molecule has 0 amide bonds. The number of ketones is 3. The number of nitrogens with two attached hydrogens (primary N) is 1. The summed E-state index contributed by atoms with van der Waals surface area (Å²) < 4.78 is 29.1. The number of hydrogen-bond acceptors (Lipinski definition) is 14. The number of Topliss-reactive ketones (excluding diaryl/α,β-unsaturated/α-hetero) is 1. The van der Waals surface area contributed by atoms with Gasteiger partial charge in [0.15, 0.2) is 30.3 Å². The Morgan fingerprint density at radius 2 is 1.78 bits per heavy atom. The molecule has 49 heavy (non-hydrogen) atoms. The van der Waals surface area contributed by atoms with E-state index in [1.807, 2.05) is 0 Å². The number of rotatable bonds is 11. The van der Waals surface area contributed by atoms with E-state index in [0.717, 1.165) is 6.92 Å². The zero-order valence-electron chi connectivity index (χ0n) is 27.7. The number of ether oxygens (including phenoxy) is 5. The third-order valence-electron chi connectivity index (χ3n) is 9.31. The number of phenolic OH excluding ortho intramolecular Hbond substituents is 2. The minimum absolute atomic E-state index is 0.0328. The van der Waals surface area contributed by atoms with Gasteiger partial charge < -0.3 is 55.0 Å². The van der Waals surface area contributed by atoms with Crippen LogP contribution < -0.4 is 10.5 Å². The van der Waals surface area contributed by atoms with E-state index in [9.17, 15) is 44.7 Å². The van der Waals surface area contributed by atoms with Crippen LogP contribution in [0.3, 0.4) is 0 Å². The Balaban J connectivity index is 1.48. The van der Waals surface area contributed by atoms with E-state index in [4.69, 9.17) is 29.4 Å². The fourth-order valence-corrected chi connectivity index (χ4v) is 6.74. The summed E-state index contributed by atoms with van der Waals surface area (Å²) in [5.41, 5.74) is 3.07. The molecule has 7 N–H and O–H groups in total. The molecule has 0 spiro atoms. The van der Waals surface area contributed by atoms with Crippen molar-refractivity contribution in [3.05, 3.63) is 51.6 Å².